The molecule has 1 aliphatic heterocycles. The molecule has 0 radical (unpaired) electrons. The molecule has 1 amide bonds. The molecule has 7 heteroatoms. The van der Waals surface area contributed by atoms with Gasteiger partial charge >= 0.3 is 0 Å². The molecule has 0 atom stereocenters. The standard InChI is InChI=1S/C21H27N3O2.2ClH/c1-21(10-12-22-13-11-21)15-23-20(25)18-8-3-4-9-19(18)24-16-6-5-7-17(14-16)26-2;;/h3-9,14,22,24H,10-13,15H2,1-2H3,(H,23,25);2*1H. The highest BCUT2D eigenvalue weighted by atomic mass is 35.5. The van der Waals surface area contributed by atoms with Crippen LogP contribution in [0.4, 0.5) is 11.4 Å². The van der Waals surface area contributed by atoms with E-state index in [1.165, 1.54) is 0 Å². The van der Waals surface area contributed by atoms with Gasteiger partial charge in [-0.3, -0.25) is 4.79 Å². The van der Waals surface area contributed by atoms with Crippen LogP contribution in [0.3, 0.4) is 0 Å². The van der Waals surface area contributed by atoms with Crippen molar-refractivity contribution < 1.29 is 9.53 Å². The van der Waals surface area contributed by atoms with E-state index in [0.717, 1.165) is 43.1 Å². The van der Waals surface area contributed by atoms with Crippen molar-refractivity contribution in [2.75, 3.05) is 32.1 Å². The fourth-order valence-corrected chi connectivity index (χ4v) is 3.24. The van der Waals surface area contributed by atoms with Gasteiger partial charge in [-0.05, 0) is 55.6 Å². The first-order chi connectivity index (χ1) is 12.6. The number of amides is 1. The van der Waals surface area contributed by atoms with Crippen LogP contribution in [0.1, 0.15) is 30.1 Å². The minimum Gasteiger partial charge on any atom is -0.497 e. The molecule has 1 saturated heterocycles. The first kappa shape index (κ1) is 24.1. The van der Waals surface area contributed by atoms with Gasteiger partial charge < -0.3 is 20.7 Å². The van der Waals surface area contributed by atoms with Gasteiger partial charge in [-0.15, -0.1) is 24.8 Å². The van der Waals surface area contributed by atoms with Crippen molar-refractivity contribution in [2.45, 2.75) is 19.8 Å². The molecule has 1 heterocycles. The second-order valence-corrected chi connectivity index (χ2v) is 7.15. The maximum atomic E-state index is 12.8. The normalized spacial score (nSPS) is 14.8. The molecule has 0 aliphatic carbocycles. The minimum absolute atomic E-state index is 0. The van der Waals surface area contributed by atoms with Gasteiger partial charge in [-0.25, -0.2) is 0 Å². The van der Waals surface area contributed by atoms with Crippen LogP contribution in [0.2, 0.25) is 0 Å². The Kier molecular flexibility index (Phi) is 9.59. The molecule has 1 fully saturated rings. The van der Waals surface area contributed by atoms with Crippen LogP contribution < -0.4 is 20.7 Å². The van der Waals surface area contributed by atoms with E-state index in [0.29, 0.717) is 12.1 Å². The molecular weight excluding hydrogens is 397 g/mol. The summed E-state index contributed by atoms with van der Waals surface area (Å²) in [7, 11) is 1.64. The molecule has 3 N–H and O–H groups in total. The summed E-state index contributed by atoms with van der Waals surface area (Å²) in [5, 5.41) is 9.82. The van der Waals surface area contributed by atoms with Gasteiger partial charge in [0, 0.05) is 18.3 Å². The Labute approximate surface area is 179 Å². The molecule has 0 aromatic heterocycles. The highest BCUT2D eigenvalue weighted by molar-refractivity contribution is 6.00. The number of carbonyl (C=O) groups excluding carboxylic acids is 1. The highest BCUT2D eigenvalue weighted by Crippen LogP contribution is 2.28. The van der Waals surface area contributed by atoms with Crippen molar-refractivity contribution in [3.63, 3.8) is 0 Å². The summed E-state index contributed by atoms with van der Waals surface area (Å²) in [5.74, 6) is 0.728. The number of hydrogen-bond acceptors (Lipinski definition) is 4. The molecule has 3 rings (SSSR count). The van der Waals surface area contributed by atoms with Crippen molar-refractivity contribution in [1.82, 2.24) is 10.6 Å². The molecule has 0 spiro atoms. The van der Waals surface area contributed by atoms with Crippen LogP contribution in [-0.4, -0.2) is 32.7 Å². The Balaban J connectivity index is 0.00000196. The van der Waals surface area contributed by atoms with Crippen LogP contribution in [0.15, 0.2) is 48.5 Å². The molecule has 0 unspecified atom stereocenters. The third kappa shape index (κ3) is 6.30. The van der Waals surface area contributed by atoms with Gasteiger partial charge in [0.1, 0.15) is 5.75 Å². The zero-order valence-corrected chi connectivity index (χ0v) is 17.9. The fourth-order valence-electron chi connectivity index (χ4n) is 3.24. The average Bonchev–Trinajstić information content (AvgIpc) is 2.67. The highest BCUT2D eigenvalue weighted by Gasteiger charge is 2.27. The maximum Gasteiger partial charge on any atom is 0.253 e. The van der Waals surface area contributed by atoms with Crippen molar-refractivity contribution in [1.29, 1.82) is 0 Å². The van der Waals surface area contributed by atoms with Crippen LogP contribution in [0.5, 0.6) is 5.75 Å². The molecule has 2 aromatic rings. The van der Waals surface area contributed by atoms with E-state index in [-0.39, 0.29) is 36.1 Å². The number of methoxy groups -OCH3 is 1. The number of rotatable bonds is 6. The Morgan fingerprint density at radius 1 is 1.11 bits per heavy atom. The van der Waals surface area contributed by atoms with Gasteiger partial charge in [-0.2, -0.15) is 0 Å². The third-order valence-electron chi connectivity index (χ3n) is 5.01. The maximum absolute atomic E-state index is 12.8. The van der Waals surface area contributed by atoms with Gasteiger partial charge in [0.25, 0.3) is 5.91 Å². The zero-order chi connectivity index (χ0) is 18.4. The lowest BCUT2D eigenvalue weighted by atomic mass is 9.81. The van der Waals surface area contributed by atoms with Gasteiger partial charge in [0.15, 0.2) is 0 Å². The van der Waals surface area contributed by atoms with Crippen molar-refractivity contribution >= 4 is 42.1 Å². The number of halogens is 2. The van der Waals surface area contributed by atoms with Crippen LogP contribution >= 0.6 is 24.8 Å². The summed E-state index contributed by atoms with van der Waals surface area (Å²) in [6, 6.07) is 15.2. The number of hydrogen-bond donors (Lipinski definition) is 3. The van der Waals surface area contributed by atoms with Crippen LogP contribution in [0, 0.1) is 5.41 Å². The number of anilines is 2. The van der Waals surface area contributed by atoms with E-state index >= 15 is 0 Å². The first-order valence-corrected chi connectivity index (χ1v) is 9.09. The predicted octanol–water partition coefficient (Wildman–Crippen LogP) is 4.40. The lowest BCUT2D eigenvalue weighted by Crippen LogP contribution is -2.43. The minimum atomic E-state index is -0.0456. The molecule has 154 valence electrons. The third-order valence-corrected chi connectivity index (χ3v) is 5.01. The summed E-state index contributed by atoms with van der Waals surface area (Å²) in [4.78, 5) is 12.8. The van der Waals surface area contributed by atoms with E-state index < -0.39 is 0 Å². The molecule has 0 bridgehead atoms. The lowest BCUT2D eigenvalue weighted by Gasteiger charge is -2.34. The average molecular weight is 426 g/mol. The summed E-state index contributed by atoms with van der Waals surface area (Å²) < 4.78 is 5.26. The van der Waals surface area contributed by atoms with Crippen molar-refractivity contribution in [3.8, 4) is 5.75 Å². The molecule has 5 nitrogen and oxygen atoms in total. The number of para-hydroxylation sites is 1. The van der Waals surface area contributed by atoms with E-state index in [4.69, 9.17) is 4.74 Å². The molecule has 28 heavy (non-hydrogen) atoms. The fraction of sp³-hybridized carbons (Fsp3) is 0.381. The Hall–Kier alpha value is -1.95. The smallest absolute Gasteiger partial charge is 0.253 e. The van der Waals surface area contributed by atoms with Gasteiger partial charge in [0.2, 0.25) is 0 Å². The number of carbonyl (C=O) groups is 1. The van der Waals surface area contributed by atoms with E-state index in [9.17, 15) is 4.79 Å². The van der Waals surface area contributed by atoms with Crippen LogP contribution in [-0.2, 0) is 0 Å². The second kappa shape index (κ2) is 11.1. The van der Waals surface area contributed by atoms with Gasteiger partial charge in [-0.1, -0.05) is 25.1 Å². The van der Waals surface area contributed by atoms with E-state index in [1.807, 2.05) is 48.5 Å². The molecule has 1 aliphatic rings. The lowest BCUT2D eigenvalue weighted by molar-refractivity contribution is 0.0923. The first-order valence-electron chi connectivity index (χ1n) is 9.09. The summed E-state index contributed by atoms with van der Waals surface area (Å²) in [6.45, 7) is 4.97. The van der Waals surface area contributed by atoms with Crippen LogP contribution in [0.25, 0.3) is 0 Å². The zero-order valence-electron chi connectivity index (χ0n) is 16.3. The SMILES string of the molecule is COc1cccc(Nc2ccccc2C(=O)NCC2(C)CCNCC2)c1.Cl.Cl. The summed E-state index contributed by atoms with van der Waals surface area (Å²) in [5.41, 5.74) is 2.48. The quantitative estimate of drug-likeness (QED) is 0.641. The monoisotopic (exact) mass is 425 g/mol. The van der Waals surface area contributed by atoms with Gasteiger partial charge in [0.05, 0.1) is 18.4 Å². The van der Waals surface area contributed by atoms with Crippen molar-refractivity contribution in [3.05, 3.63) is 54.1 Å². The summed E-state index contributed by atoms with van der Waals surface area (Å²) >= 11 is 0. The van der Waals surface area contributed by atoms with E-state index in [1.54, 1.807) is 7.11 Å². The number of benzene rings is 2. The Morgan fingerprint density at radius 2 is 1.82 bits per heavy atom. The topological polar surface area (TPSA) is 62.4 Å². The van der Waals surface area contributed by atoms with Crippen molar-refractivity contribution in [2.24, 2.45) is 5.41 Å². The van der Waals surface area contributed by atoms with E-state index in [2.05, 4.69) is 22.9 Å². The molecule has 2 aromatic carbocycles. The molecular formula is C21H29Cl2N3O2. The second-order valence-electron chi connectivity index (χ2n) is 7.15. The Morgan fingerprint density at radius 3 is 2.54 bits per heavy atom. The summed E-state index contributed by atoms with van der Waals surface area (Å²) in [6.07, 6.45) is 2.16. The number of ether oxygens (including phenoxy) is 1. The molecule has 0 saturated carbocycles. The largest absolute Gasteiger partial charge is 0.497 e. The number of nitrogens with one attached hydrogen (secondary N) is 3. The number of piperidine rings is 1. The Bertz CT molecular complexity index is 765. The predicted molar refractivity (Wildman–Crippen MR) is 120 cm³/mol.